The number of carbonyl (C=O) groups is 2. The van der Waals surface area contributed by atoms with Gasteiger partial charge in [0.1, 0.15) is 17.7 Å². The largest absolute Gasteiger partial charge is 0.389 e. The van der Waals surface area contributed by atoms with Crippen LogP contribution in [0.5, 0.6) is 0 Å². The average Bonchev–Trinajstić information content (AvgIpc) is 3.33. The average molecular weight is 554 g/mol. The second-order valence-electron chi connectivity index (χ2n) is 10.6. The Morgan fingerprint density at radius 2 is 1.87 bits per heavy atom. The summed E-state index contributed by atoms with van der Waals surface area (Å²) in [4.78, 5) is 36.5. The first kappa shape index (κ1) is 28.3. The molecule has 1 saturated heterocycles. The standard InChI is InChI=1S/C26H34F3N5O3S/c1-26(2,37)14-31-23(35)24-33-19(25(36)34-10-8-16(27)9-11-34)20(38-24)15-12-18(21(28)29)22(30-13-15)32-17-6-4-3-5-7-17/h12-13,16-17,21,37H,3-11,14H2,1-2H3,(H,30,32)(H,31,35). The van der Waals surface area contributed by atoms with Crippen LogP contribution in [0, 0.1) is 0 Å². The molecular formula is C26H34F3N5O3S. The molecule has 1 aliphatic carbocycles. The Morgan fingerprint density at radius 3 is 2.50 bits per heavy atom. The first-order valence-corrected chi connectivity index (χ1v) is 13.8. The summed E-state index contributed by atoms with van der Waals surface area (Å²) in [7, 11) is 0. The van der Waals surface area contributed by atoms with Crippen LogP contribution in [0.25, 0.3) is 10.4 Å². The third kappa shape index (κ3) is 7.02. The smallest absolute Gasteiger partial charge is 0.280 e. The van der Waals surface area contributed by atoms with Crippen LogP contribution in [-0.4, -0.2) is 69.2 Å². The highest BCUT2D eigenvalue weighted by atomic mass is 32.1. The van der Waals surface area contributed by atoms with Crippen LogP contribution in [0.2, 0.25) is 0 Å². The van der Waals surface area contributed by atoms with Crippen molar-refractivity contribution in [1.29, 1.82) is 0 Å². The van der Waals surface area contributed by atoms with E-state index in [0.717, 1.165) is 43.4 Å². The maximum Gasteiger partial charge on any atom is 0.280 e. The number of likely N-dealkylation sites (tertiary alicyclic amines) is 1. The molecule has 2 aromatic rings. The molecule has 1 aliphatic heterocycles. The highest BCUT2D eigenvalue weighted by Gasteiger charge is 2.30. The van der Waals surface area contributed by atoms with Crippen molar-refractivity contribution in [3.63, 3.8) is 0 Å². The summed E-state index contributed by atoms with van der Waals surface area (Å²) in [5.41, 5.74) is -1.26. The quantitative estimate of drug-likeness (QED) is 0.427. The number of piperidine rings is 1. The third-order valence-electron chi connectivity index (χ3n) is 6.78. The second kappa shape index (κ2) is 12.0. The highest BCUT2D eigenvalue weighted by Crippen LogP contribution is 2.36. The van der Waals surface area contributed by atoms with E-state index < -0.39 is 30.0 Å². The molecule has 0 spiro atoms. The molecule has 208 valence electrons. The molecule has 0 radical (unpaired) electrons. The van der Waals surface area contributed by atoms with Crippen molar-refractivity contribution in [3.05, 3.63) is 28.5 Å². The van der Waals surface area contributed by atoms with Gasteiger partial charge in [-0.2, -0.15) is 0 Å². The number of aliphatic hydroxyl groups is 1. The van der Waals surface area contributed by atoms with Crippen molar-refractivity contribution in [2.24, 2.45) is 0 Å². The number of hydrogen-bond donors (Lipinski definition) is 3. The van der Waals surface area contributed by atoms with Gasteiger partial charge in [0.25, 0.3) is 18.2 Å². The fourth-order valence-electron chi connectivity index (χ4n) is 4.66. The molecule has 0 atom stereocenters. The summed E-state index contributed by atoms with van der Waals surface area (Å²) in [6.07, 6.45) is 2.98. The van der Waals surface area contributed by atoms with Gasteiger partial charge in [-0.3, -0.25) is 9.59 Å². The summed E-state index contributed by atoms with van der Waals surface area (Å²) in [6, 6.07) is 1.36. The number of hydrogen-bond acceptors (Lipinski definition) is 7. The van der Waals surface area contributed by atoms with Crippen LogP contribution in [0.4, 0.5) is 19.0 Å². The van der Waals surface area contributed by atoms with E-state index in [0.29, 0.717) is 0 Å². The van der Waals surface area contributed by atoms with Crippen LogP contribution >= 0.6 is 11.3 Å². The topological polar surface area (TPSA) is 107 Å². The first-order valence-electron chi connectivity index (χ1n) is 13.0. The number of thiazole rings is 1. The van der Waals surface area contributed by atoms with Crippen molar-refractivity contribution >= 4 is 29.0 Å². The monoisotopic (exact) mass is 553 g/mol. The maximum absolute atomic E-state index is 14.1. The molecule has 2 aromatic heterocycles. The Hall–Kier alpha value is -2.73. The normalized spacial score (nSPS) is 17.6. The molecule has 0 unspecified atom stereocenters. The number of carbonyl (C=O) groups excluding carboxylic acids is 2. The Morgan fingerprint density at radius 1 is 1.18 bits per heavy atom. The van der Waals surface area contributed by atoms with E-state index >= 15 is 0 Å². The number of pyridine rings is 1. The molecule has 1 saturated carbocycles. The molecule has 3 heterocycles. The fraction of sp³-hybridized carbons (Fsp3) is 0.615. The van der Waals surface area contributed by atoms with Crippen LogP contribution in [0.15, 0.2) is 12.3 Å². The lowest BCUT2D eigenvalue weighted by Crippen LogP contribution is -2.39. The van der Waals surface area contributed by atoms with Crippen molar-refractivity contribution in [1.82, 2.24) is 20.2 Å². The number of rotatable bonds is 8. The van der Waals surface area contributed by atoms with Gasteiger partial charge in [0, 0.05) is 37.4 Å². The number of nitrogens with zero attached hydrogens (tertiary/aromatic N) is 3. The molecule has 12 heteroatoms. The van der Waals surface area contributed by atoms with Gasteiger partial charge in [-0.1, -0.05) is 19.3 Å². The van der Waals surface area contributed by atoms with Gasteiger partial charge in [0.2, 0.25) is 0 Å². The van der Waals surface area contributed by atoms with Gasteiger partial charge in [0.05, 0.1) is 16.0 Å². The first-order chi connectivity index (χ1) is 18.0. The predicted molar refractivity (Wildman–Crippen MR) is 139 cm³/mol. The molecule has 38 heavy (non-hydrogen) atoms. The minimum Gasteiger partial charge on any atom is -0.389 e. The summed E-state index contributed by atoms with van der Waals surface area (Å²) < 4.78 is 41.9. The third-order valence-corrected chi connectivity index (χ3v) is 7.88. The zero-order valence-corrected chi connectivity index (χ0v) is 22.4. The lowest BCUT2D eigenvalue weighted by Gasteiger charge is -2.28. The van der Waals surface area contributed by atoms with Crippen molar-refractivity contribution < 1.29 is 27.9 Å². The van der Waals surface area contributed by atoms with E-state index in [1.54, 1.807) is 0 Å². The van der Waals surface area contributed by atoms with E-state index in [-0.39, 0.29) is 71.0 Å². The minimum atomic E-state index is -2.81. The summed E-state index contributed by atoms with van der Waals surface area (Å²) in [6.45, 7) is 3.41. The second-order valence-corrected chi connectivity index (χ2v) is 11.6. The molecule has 2 fully saturated rings. The Labute approximate surface area is 224 Å². The van der Waals surface area contributed by atoms with E-state index in [1.807, 2.05) is 0 Å². The number of aromatic nitrogens is 2. The molecule has 2 aliphatic rings. The van der Waals surface area contributed by atoms with Crippen molar-refractivity contribution in [3.8, 4) is 10.4 Å². The van der Waals surface area contributed by atoms with Gasteiger partial charge in [0.15, 0.2) is 5.01 Å². The summed E-state index contributed by atoms with van der Waals surface area (Å²) in [5.74, 6) is -0.980. The van der Waals surface area contributed by atoms with E-state index in [2.05, 4.69) is 20.6 Å². The van der Waals surface area contributed by atoms with Crippen molar-refractivity contribution in [2.45, 2.75) is 83.0 Å². The zero-order chi connectivity index (χ0) is 27.4. The Balaban J connectivity index is 1.68. The molecule has 0 bridgehead atoms. The van der Waals surface area contributed by atoms with Gasteiger partial charge in [-0.25, -0.2) is 23.1 Å². The van der Waals surface area contributed by atoms with Crippen LogP contribution in [0.3, 0.4) is 0 Å². The van der Waals surface area contributed by atoms with Gasteiger partial charge >= 0.3 is 0 Å². The summed E-state index contributed by atoms with van der Waals surface area (Å²) in [5, 5.41) is 15.6. The molecule has 3 N–H and O–H groups in total. The van der Waals surface area contributed by atoms with Gasteiger partial charge in [-0.15, -0.1) is 11.3 Å². The van der Waals surface area contributed by atoms with Gasteiger partial charge in [-0.05, 0) is 45.6 Å². The fourth-order valence-corrected chi connectivity index (χ4v) is 5.62. The zero-order valence-electron chi connectivity index (χ0n) is 21.6. The number of nitrogens with one attached hydrogen (secondary N) is 2. The number of alkyl halides is 3. The maximum atomic E-state index is 14.1. The van der Waals surface area contributed by atoms with E-state index in [9.17, 15) is 27.9 Å². The Bertz CT molecular complexity index is 1140. The number of anilines is 1. The summed E-state index contributed by atoms with van der Waals surface area (Å²) >= 11 is 0.894. The lowest BCUT2D eigenvalue weighted by molar-refractivity contribution is 0.0660. The minimum absolute atomic E-state index is 0.0454. The van der Waals surface area contributed by atoms with Crippen LogP contribution < -0.4 is 10.6 Å². The number of halogens is 3. The predicted octanol–water partition coefficient (Wildman–Crippen LogP) is 4.96. The van der Waals surface area contributed by atoms with E-state index in [1.165, 1.54) is 31.0 Å². The Kier molecular flexibility index (Phi) is 8.92. The number of amides is 2. The molecule has 4 rings (SSSR count). The lowest BCUT2D eigenvalue weighted by atomic mass is 9.95. The van der Waals surface area contributed by atoms with Gasteiger partial charge < -0.3 is 20.6 Å². The molecular weight excluding hydrogens is 519 g/mol. The van der Waals surface area contributed by atoms with E-state index in [4.69, 9.17) is 0 Å². The van der Waals surface area contributed by atoms with Crippen LogP contribution in [0.1, 0.15) is 91.1 Å². The molecule has 2 amide bonds. The van der Waals surface area contributed by atoms with Crippen molar-refractivity contribution in [2.75, 3.05) is 25.0 Å². The SMILES string of the molecule is CC(C)(O)CNC(=O)c1nc(C(=O)N2CCC(F)CC2)c(-c2cnc(NC3CCCCC3)c(C(F)F)c2)s1. The van der Waals surface area contributed by atoms with Crippen LogP contribution in [-0.2, 0) is 0 Å². The molecule has 8 nitrogen and oxygen atoms in total. The highest BCUT2D eigenvalue weighted by molar-refractivity contribution is 7.17. The molecule has 0 aromatic carbocycles.